The van der Waals surface area contributed by atoms with Crippen molar-refractivity contribution in [3.8, 4) is 0 Å². The van der Waals surface area contributed by atoms with Crippen LogP contribution in [0.3, 0.4) is 0 Å². The predicted octanol–water partition coefficient (Wildman–Crippen LogP) is 2.89. The topological polar surface area (TPSA) is 76.7 Å². The summed E-state index contributed by atoms with van der Waals surface area (Å²) in [6, 6.07) is 3.50. The summed E-state index contributed by atoms with van der Waals surface area (Å²) < 4.78 is 1.86. The number of pyridine rings is 1. The van der Waals surface area contributed by atoms with Crippen LogP contribution >= 0.6 is 46.5 Å². The first-order chi connectivity index (χ1) is 8.72. The van der Waals surface area contributed by atoms with Crippen molar-refractivity contribution in [2.45, 2.75) is 14.4 Å². The smallest absolute Gasteiger partial charge is 0.175 e. The number of aromatic nitrogens is 3. The molecule has 0 aliphatic rings. The van der Waals surface area contributed by atoms with Crippen LogP contribution in [0.15, 0.2) is 20.8 Å². The molecule has 0 aromatic carbocycles. The van der Waals surface area contributed by atoms with Gasteiger partial charge in [-0.25, -0.2) is 10.8 Å². The van der Waals surface area contributed by atoms with E-state index >= 15 is 0 Å². The summed E-state index contributed by atoms with van der Waals surface area (Å²) in [5.41, 5.74) is 3.27. The van der Waals surface area contributed by atoms with Gasteiger partial charge in [-0.3, -0.25) is 0 Å². The summed E-state index contributed by atoms with van der Waals surface area (Å²) in [7, 11) is 0. The van der Waals surface area contributed by atoms with Crippen molar-refractivity contribution in [3.63, 3.8) is 0 Å². The van der Waals surface area contributed by atoms with E-state index in [1.165, 1.54) is 0 Å². The second-order valence-electron chi connectivity index (χ2n) is 3.10. The molecule has 2 aromatic rings. The molecule has 2 heterocycles. The molecule has 0 unspecified atom stereocenters. The Kier molecular flexibility index (Phi) is 5.07. The van der Waals surface area contributed by atoms with E-state index in [1.807, 2.05) is 6.26 Å². The highest BCUT2D eigenvalue weighted by Crippen LogP contribution is 2.31. The van der Waals surface area contributed by atoms with Gasteiger partial charge in [-0.15, -0.1) is 10.2 Å². The first-order valence-electron chi connectivity index (χ1n) is 4.85. The third-order valence-electron chi connectivity index (χ3n) is 1.96. The number of hydrazine groups is 1. The van der Waals surface area contributed by atoms with Crippen LogP contribution in [0, 0.1) is 0 Å². The maximum atomic E-state index is 6.07. The Morgan fingerprint density at radius 2 is 2.17 bits per heavy atom. The molecule has 0 saturated carbocycles. The number of rotatable bonds is 5. The van der Waals surface area contributed by atoms with Gasteiger partial charge in [0.25, 0.3) is 0 Å². The maximum Gasteiger partial charge on any atom is 0.175 e. The molecule has 96 valence electrons. The van der Waals surface area contributed by atoms with Gasteiger partial charge in [-0.1, -0.05) is 46.5 Å². The van der Waals surface area contributed by atoms with Crippen molar-refractivity contribution < 1.29 is 0 Å². The fourth-order valence-electron chi connectivity index (χ4n) is 1.13. The average molecular weight is 320 g/mol. The zero-order valence-electron chi connectivity index (χ0n) is 9.38. The molecule has 0 bridgehead atoms. The predicted molar refractivity (Wildman–Crippen MR) is 78.3 cm³/mol. The molecular weight excluding hydrogens is 310 g/mol. The van der Waals surface area contributed by atoms with Gasteiger partial charge in [0.15, 0.2) is 8.68 Å². The van der Waals surface area contributed by atoms with Crippen molar-refractivity contribution in [1.29, 1.82) is 0 Å². The van der Waals surface area contributed by atoms with E-state index in [2.05, 4.69) is 20.6 Å². The first kappa shape index (κ1) is 13.9. The lowest BCUT2D eigenvalue weighted by Crippen LogP contribution is -2.09. The molecule has 9 heteroatoms. The first-order valence-corrected chi connectivity index (χ1v) is 8.25. The third-order valence-corrected chi connectivity index (χ3v) is 5.35. The van der Waals surface area contributed by atoms with E-state index in [-0.39, 0.29) is 0 Å². The highest BCUT2D eigenvalue weighted by Gasteiger charge is 2.08. The number of nitrogens with one attached hydrogen (secondary N) is 1. The van der Waals surface area contributed by atoms with E-state index in [9.17, 15) is 0 Å². The standard InChI is InChI=1S/C9H10ClN5S3/c1-16-8-14-15-9(18-8)17-4-6-5(10)2-3-7(12-6)13-11/h2-3H,4,11H2,1H3,(H,12,13). The Morgan fingerprint density at radius 1 is 1.39 bits per heavy atom. The minimum Gasteiger partial charge on any atom is -0.308 e. The molecule has 18 heavy (non-hydrogen) atoms. The number of halogens is 1. The Hall–Kier alpha value is -0.540. The Bertz CT molecular complexity index is 533. The molecule has 3 N–H and O–H groups in total. The minimum atomic E-state index is 0.595. The van der Waals surface area contributed by atoms with Gasteiger partial charge in [0.1, 0.15) is 5.82 Å². The Morgan fingerprint density at radius 3 is 2.83 bits per heavy atom. The third kappa shape index (κ3) is 3.48. The van der Waals surface area contributed by atoms with Crippen molar-refractivity contribution >= 4 is 52.3 Å². The quantitative estimate of drug-likeness (QED) is 0.498. The highest BCUT2D eigenvalue weighted by molar-refractivity contribution is 8.02. The zero-order valence-corrected chi connectivity index (χ0v) is 12.6. The molecule has 0 spiro atoms. The van der Waals surface area contributed by atoms with Gasteiger partial charge < -0.3 is 5.43 Å². The Labute approximate surface area is 122 Å². The van der Waals surface area contributed by atoms with E-state index in [1.54, 1.807) is 47.0 Å². The molecule has 0 aliphatic carbocycles. The molecule has 2 aromatic heterocycles. The van der Waals surface area contributed by atoms with E-state index in [0.717, 1.165) is 14.4 Å². The van der Waals surface area contributed by atoms with E-state index < -0.39 is 0 Å². The van der Waals surface area contributed by atoms with Crippen LogP contribution in [-0.4, -0.2) is 21.4 Å². The lowest BCUT2D eigenvalue weighted by molar-refractivity contribution is 0.955. The Balaban J connectivity index is 2.05. The van der Waals surface area contributed by atoms with E-state index in [0.29, 0.717) is 16.6 Å². The summed E-state index contributed by atoms with van der Waals surface area (Å²) in [5.74, 6) is 6.54. The minimum absolute atomic E-state index is 0.595. The largest absolute Gasteiger partial charge is 0.308 e. The second-order valence-corrected chi connectivity index (χ2v) is 6.76. The molecule has 0 aliphatic heterocycles. The number of hydrogen-bond acceptors (Lipinski definition) is 8. The van der Waals surface area contributed by atoms with Gasteiger partial charge >= 0.3 is 0 Å². The van der Waals surface area contributed by atoms with Crippen LogP contribution in [0.25, 0.3) is 0 Å². The molecule has 5 nitrogen and oxygen atoms in total. The lowest BCUT2D eigenvalue weighted by Gasteiger charge is -2.04. The summed E-state index contributed by atoms with van der Waals surface area (Å²) in [5, 5.41) is 8.72. The molecular formula is C9H10ClN5S3. The van der Waals surface area contributed by atoms with Crippen LogP contribution in [0.1, 0.15) is 5.69 Å². The fraction of sp³-hybridized carbons (Fsp3) is 0.222. The molecule has 0 amide bonds. The van der Waals surface area contributed by atoms with Gasteiger partial charge in [-0.05, 0) is 18.4 Å². The monoisotopic (exact) mass is 319 g/mol. The number of nitrogen functional groups attached to an aromatic ring is 1. The molecule has 0 radical (unpaired) electrons. The number of nitrogens with two attached hydrogens (primary N) is 1. The number of anilines is 1. The van der Waals surface area contributed by atoms with Crippen molar-refractivity contribution in [1.82, 2.24) is 15.2 Å². The van der Waals surface area contributed by atoms with E-state index in [4.69, 9.17) is 17.4 Å². The number of nitrogens with zero attached hydrogens (tertiary/aromatic N) is 3. The molecule has 0 saturated heterocycles. The lowest BCUT2D eigenvalue weighted by atomic mass is 10.4. The molecule has 2 rings (SSSR count). The van der Waals surface area contributed by atoms with Gasteiger partial charge in [0.2, 0.25) is 0 Å². The fourth-order valence-corrected chi connectivity index (χ4v) is 3.78. The maximum absolute atomic E-state index is 6.07. The van der Waals surface area contributed by atoms with Crippen molar-refractivity contribution in [3.05, 3.63) is 22.8 Å². The molecule has 0 atom stereocenters. The van der Waals surface area contributed by atoms with Crippen LogP contribution in [-0.2, 0) is 5.75 Å². The highest BCUT2D eigenvalue weighted by atomic mass is 35.5. The molecule has 0 fully saturated rings. The summed E-state index contributed by atoms with van der Waals surface area (Å²) in [4.78, 5) is 4.30. The van der Waals surface area contributed by atoms with Crippen molar-refractivity contribution in [2.24, 2.45) is 5.84 Å². The van der Waals surface area contributed by atoms with Crippen LogP contribution in [0.4, 0.5) is 5.82 Å². The van der Waals surface area contributed by atoms with Crippen molar-refractivity contribution in [2.75, 3.05) is 11.7 Å². The van der Waals surface area contributed by atoms with Gasteiger partial charge in [0.05, 0.1) is 10.7 Å². The zero-order chi connectivity index (χ0) is 13.0. The number of hydrogen-bond donors (Lipinski definition) is 2. The summed E-state index contributed by atoms with van der Waals surface area (Å²) in [6.45, 7) is 0. The van der Waals surface area contributed by atoms with Crippen LogP contribution in [0.5, 0.6) is 0 Å². The summed E-state index contributed by atoms with van der Waals surface area (Å²) in [6.07, 6.45) is 1.98. The SMILES string of the molecule is CSc1nnc(SCc2nc(NN)ccc2Cl)s1. The van der Waals surface area contributed by atoms with Crippen LogP contribution in [0.2, 0.25) is 5.02 Å². The normalized spacial score (nSPS) is 10.6. The van der Waals surface area contributed by atoms with Gasteiger partial charge in [-0.2, -0.15) is 0 Å². The average Bonchev–Trinajstić information content (AvgIpc) is 2.86. The van der Waals surface area contributed by atoms with Gasteiger partial charge in [0, 0.05) is 5.75 Å². The summed E-state index contributed by atoms with van der Waals surface area (Å²) >= 11 is 10.8. The second kappa shape index (κ2) is 6.58. The van der Waals surface area contributed by atoms with Crippen LogP contribution < -0.4 is 11.3 Å². The number of thioether (sulfide) groups is 2.